The van der Waals surface area contributed by atoms with Crippen LogP contribution in [0.25, 0.3) is 6.08 Å². The van der Waals surface area contributed by atoms with Crippen molar-refractivity contribution in [3.8, 4) is 5.75 Å². The first-order chi connectivity index (χ1) is 9.98. The van der Waals surface area contributed by atoms with Crippen LogP contribution < -0.4 is 10.5 Å². The average molecular weight is 305 g/mol. The minimum atomic E-state index is -3.62. The maximum absolute atomic E-state index is 12.8. The summed E-state index contributed by atoms with van der Waals surface area (Å²) in [6.45, 7) is -0.123. The smallest absolute Gasteiger partial charge is 0.208 e. The maximum atomic E-state index is 12.8. The molecule has 0 fully saturated rings. The molecule has 1 aliphatic heterocycles. The van der Waals surface area contributed by atoms with E-state index in [0.29, 0.717) is 11.3 Å². The highest BCUT2D eigenvalue weighted by atomic mass is 32.2. The molecule has 108 valence electrons. The van der Waals surface area contributed by atoms with Crippen LogP contribution in [0, 0.1) is 5.82 Å². The van der Waals surface area contributed by atoms with E-state index in [1.54, 1.807) is 24.3 Å². The van der Waals surface area contributed by atoms with Gasteiger partial charge in [0, 0.05) is 0 Å². The van der Waals surface area contributed by atoms with E-state index in [1.807, 2.05) is 0 Å². The number of fused-ring (bicyclic) bond motifs is 1. The number of hydrogen-bond acceptors (Lipinski definition) is 4. The van der Waals surface area contributed by atoms with Crippen LogP contribution in [0.15, 0.2) is 52.3 Å². The van der Waals surface area contributed by atoms with Crippen molar-refractivity contribution in [2.75, 3.05) is 12.3 Å². The summed E-state index contributed by atoms with van der Waals surface area (Å²) in [6.07, 6.45) is 1.55. The third-order valence-corrected chi connectivity index (χ3v) is 5.14. The Hall–Kier alpha value is -2.34. The second-order valence-corrected chi connectivity index (χ2v) is 6.56. The second kappa shape index (κ2) is 4.89. The van der Waals surface area contributed by atoms with Gasteiger partial charge in [0.25, 0.3) is 0 Å². The topological polar surface area (TPSA) is 69.4 Å². The van der Waals surface area contributed by atoms with Crippen LogP contribution in [0.2, 0.25) is 0 Å². The molecule has 21 heavy (non-hydrogen) atoms. The van der Waals surface area contributed by atoms with Crippen LogP contribution in [-0.4, -0.2) is 15.0 Å². The molecule has 0 aromatic heterocycles. The van der Waals surface area contributed by atoms with Crippen LogP contribution in [0.4, 0.5) is 10.1 Å². The largest absolute Gasteiger partial charge is 0.488 e. The summed E-state index contributed by atoms with van der Waals surface area (Å²) in [5.41, 5.74) is 6.52. The van der Waals surface area contributed by atoms with Crippen molar-refractivity contribution in [3.05, 3.63) is 58.8 Å². The van der Waals surface area contributed by atoms with E-state index in [2.05, 4.69) is 0 Å². The molecule has 0 spiro atoms. The minimum absolute atomic E-state index is 0.123. The minimum Gasteiger partial charge on any atom is -0.488 e. The summed E-state index contributed by atoms with van der Waals surface area (Å²) in [5, 5.41) is 0. The summed E-state index contributed by atoms with van der Waals surface area (Å²) in [6, 6.07) is 10.3. The van der Waals surface area contributed by atoms with Crippen molar-refractivity contribution in [3.63, 3.8) is 0 Å². The van der Waals surface area contributed by atoms with Gasteiger partial charge < -0.3 is 10.5 Å². The lowest BCUT2D eigenvalue weighted by Crippen LogP contribution is -2.10. The van der Waals surface area contributed by atoms with E-state index in [-0.39, 0.29) is 27.9 Å². The number of ether oxygens (including phenoxy) is 1. The van der Waals surface area contributed by atoms with Gasteiger partial charge in [0.2, 0.25) is 9.84 Å². The molecule has 2 N–H and O–H groups in total. The van der Waals surface area contributed by atoms with Crippen LogP contribution in [0.5, 0.6) is 5.75 Å². The van der Waals surface area contributed by atoms with Gasteiger partial charge in [-0.25, -0.2) is 12.8 Å². The van der Waals surface area contributed by atoms with Gasteiger partial charge in [-0.1, -0.05) is 12.1 Å². The number of sulfone groups is 1. The molecule has 0 atom stereocenters. The molecule has 0 amide bonds. The van der Waals surface area contributed by atoms with E-state index < -0.39 is 9.84 Å². The van der Waals surface area contributed by atoms with E-state index in [4.69, 9.17) is 10.5 Å². The summed E-state index contributed by atoms with van der Waals surface area (Å²) < 4.78 is 43.0. The monoisotopic (exact) mass is 305 g/mol. The first kappa shape index (κ1) is 13.6. The zero-order valence-electron chi connectivity index (χ0n) is 10.9. The summed E-state index contributed by atoms with van der Waals surface area (Å²) >= 11 is 0. The molecule has 0 unspecified atom stereocenters. The Kier molecular flexibility index (Phi) is 3.17. The molecule has 0 aliphatic carbocycles. The number of hydrogen-bond donors (Lipinski definition) is 1. The van der Waals surface area contributed by atoms with Gasteiger partial charge in [0.15, 0.2) is 0 Å². The molecular weight excluding hydrogens is 293 g/mol. The van der Waals surface area contributed by atoms with Gasteiger partial charge in [-0.3, -0.25) is 0 Å². The molecule has 0 saturated carbocycles. The third-order valence-electron chi connectivity index (χ3n) is 3.20. The SMILES string of the molecule is Nc1cccc2c1S(=O)(=O)C(COc1ccc(F)cc1)=C2. The number of halogens is 1. The Morgan fingerprint density at radius 1 is 1.10 bits per heavy atom. The van der Waals surface area contributed by atoms with Crippen LogP contribution in [0.3, 0.4) is 0 Å². The van der Waals surface area contributed by atoms with Crippen molar-refractivity contribution in [2.45, 2.75) is 4.90 Å². The number of anilines is 1. The molecule has 4 nitrogen and oxygen atoms in total. The van der Waals surface area contributed by atoms with Gasteiger partial charge >= 0.3 is 0 Å². The first-order valence-electron chi connectivity index (χ1n) is 6.21. The van der Waals surface area contributed by atoms with Crippen molar-refractivity contribution in [2.24, 2.45) is 0 Å². The van der Waals surface area contributed by atoms with E-state index in [1.165, 1.54) is 24.3 Å². The Balaban J connectivity index is 1.85. The lowest BCUT2D eigenvalue weighted by molar-refractivity contribution is 0.358. The zero-order valence-corrected chi connectivity index (χ0v) is 11.7. The Labute approximate surface area is 121 Å². The highest BCUT2D eigenvalue weighted by molar-refractivity contribution is 7.96. The van der Waals surface area contributed by atoms with Crippen LogP contribution in [0.1, 0.15) is 5.56 Å². The fraction of sp³-hybridized carbons (Fsp3) is 0.0667. The predicted molar refractivity (Wildman–Crippen MR) is 77.9 cm³/mol. The van der Waals surface area contributed by atoms with Gasteiger partial charge in [-0.15, -0.1) is 0 Å². The molecule has 1 aliphatic rings. The highest BCUT2D eigenvalue weighted by Gasteiger charge is 2.31. The normalized spacial score (nSPS) is 15.4. The predicted octanol–water partition coefficient (Wildman–Crippen LogP) is 2.62. The Bertz CT molecular complexity index is 826. The van der Waals surface area contributed by atoms with E-state index >= 15 is 0 Å². The number of rotatable bonds is 3. The molecule has 6 heteroatoms. The molecule has 0 bridgehead atoms. The highest BCUT2D eigenvalue weighted by Crippen LogP contribution is 2.36. The van der Waals surface area contributed by atoms with Crippen molar-refractivity contribution in [1.29, 1.82) is 0 Å². The van der Waals surface area contributed by atoms with E-state index in [9.17, 15) is 12.8 Å². The summed E-state index contributed by atoms with van der Waals surface area (Å²) in [4.78, 5) is 0.266. The fourth-order valence-electron chi connectivity index (χ4n) is 2.18. The van der Waals surface area contributed by atoms with Crippen molar-refractivity contribution >= 4 is 21.6 Å². The number of nitrogens with two attached hydrogens (primary N) is 1. The third kappa shape index (κ3) is 2.38. The van der Waals surface area contributed by atoms with Crippen molar-refractivity contribution in [1.82, 2.24) is 0 Å². The van der Waals surface area contributed by atoms with Gasteiger partial charge in [-0.2, -0.15) is 0 Å². The fourth-order valence-corrected chi connectivity index (χ4v) is 3.76. The lowest BCUT2D eigenvalue weighted by Gasteiger charge is -2.08. The Morgan fingerprint density at radius 3 is 2.48 bits per heavy atom. The van der Waals surface area contributed by atoms with Crippen LogP contribution in [-0.2, 0) is 9.84 Å². The van der Waals surface area contributed by atoms with E-state index in [0.717, 1.165) is 0 Å². The zero-order chi connectivity index (χ0) is 15.0. The number of benzene rings is 2. The van der Waals surface area contributed by atoms with Crippen molar-refractivity contribution < 1.29 is 17.5 Å². The second-order valence-electron chi connectivity index (χ2n) is 4.62. The first-order valence-corrected chi connectivity index (χ1v) is 7.69. The molecule has 0 saturated heterocycles. The molecule has 2 aromatic carbocycles. The lowest BCUT2D eigenvalue weighted by atomic mass is 10.2. The average Bonchev–Trinajstić information content (AvgIpc) is 2.70. The van der Waals surface area contributed by atoms with Gasteiger partial charge in [0.05, 0.1) is 10.6 Å². The van der Waals surface area contributed by atoms with Crippen LogP contribution >= 0.6 is 0 Å². The standard InChI is InChI=1S/C15H12FNO3S/c16-11-4-6-12(7-5-11)20-9-13-8-10-2-1-3-14(17)15(10)21(13,18)19/h1-8H,9,17H2. The molecule has 0 radical (unpaired) electrons. The van der Waals surface area contributed by atoms with Gasteiger partial charge in [-0.05, 0) is 42.0 Å². The van der Waals surface area contributed by atoms with Gasteiger partial charge in [0.1, 0.15) is 23.1 Å². The maximum Gasteiger partial charge on any atom is 0.208 e. The molecule has 3 rings (SSSR count). The Morgan fingerprint density at radius 2 is 1.81 bits per heavy atom. The number of nitrogen functional groups attached to an aromatic ring is 1. The summed E-state index contributed by atoms with van der Waals surface area (Å²) in [5.74, 6) is 0.0201. The quantitative estimate of drug-likeness (QED) is 0.885. The molecule has 2 aromatic rings. The molecule has 1 heterocycles. The molecular formula is C15H12FNO3S. The summed E-state index contributed by atoms with van der Waals surface area (Å²) in [7, 11) is -3.62.